The number of methoxy groups -OCH3 is 2. The third-order valence-electron chi connectivity index (χ3n) is 4.09. The molecule has 0 aliphatic rings. The summed E-state index contributed by atoms with van der Waals surface area (Å²) < 4.78 is 23.6. The smallest absolute Gasteiger partial charge is 0.252 e. The molecular formula is C20H22ClFN2O4. The van der Waals surface area contributed by atoms with Crippen LogP contribution in [-0.4, -0.2) is 32.6 Å². The van der Waals surface area contributed by atoms with Crippen LogP contribution in [0.1, 0.15) is 35.3 Å². The molecule has 0 heterocycles. The van der Waals surface area contributed by atoms with Crippen LogP contribution in [0.5, 0.6) is 11.5 Å². The van der Waals surface area contributed by atoms with E-state index in [0.717, 1.165) is 17.7 Å². The summed E-state index contributed by atoms with van der Waals surface area (Å²) in [5.41, 5.74) is 0.926. The Morgan fingerprint density at radius 1 is 1.14 bits per heavy atom. The van der Waals surface area contributed by atoms with Crippen LogP contribution in [-0.2, 0) is 4.79 Å². The number of hydrogen-bond acceptors (Lipinski definition) is 4. The molecule has 2 amide bonds. The number of rotatable bonds is 8. The zero-order chi connectivity index (χ0) is 20.7. The van der Waals surface area contributed by atoms with Gasteiger partial charge >= 0.3 is 0 Å². The SMILES string of the molecule is COc1ccc(OC)c([C@H](C)NC(=O)CCNC(=O)c2ccc(F)cc2Cl)c1. The zero-order valence-electron chi connectivity index (χ0n) is 15.8. The van der Waals surface area contributed by atoms with E-state index in [1.54, 1.807) is 32.4 Å². The van der Waals surface area contributed by atoms with Crippen LogP contribution in [0.4, 0.5) is 4.39 Å². The van der Waals surface area contributed by atoms with E-state index in [-0.39, 0.29) is 35.5 Å². The van der Waals surface area contributed by atoms with Gasteiger partial charge in [-0.3, -0.25) is 9.59 Å². The molecule has 150 valence electrons. The Hall–Kier alpha value is -2.80. The van der Waals surface area contributed by atoms with Crippen molar-refractivity contribution in [1.82, 2.24) is 10.6 Å². The molecular weight excluding hydrogens is 387 g/mol. The third-order valence-corrected chi connectivity index (χ3v) is 4.41. The Bertz CT molecular complexity index is 860. The molecule has 0 aliphatic carbocycles. The second-order valence-corrected chi connectivity index (χ2v) is 6.43. The molecule has 0 saturated heterocycles. The first-order valence-electron chi connectivity index (χ1n) is 8.60. The quantitative estimate of drug-likeness (QED) is 0.701. The van der Waals surface area contributed by atoms with Crippen molar-refractivity contribution < 1.29 is 23.5 Å². The molecule has 2 aromatic carbocycles. The van der Waals surface area contributed by atoms with E-state index in [0.29, 0.717) is 11.5 Å². The lowest BCUT2D eigenvalue weighted by molar-refractivity contribution is -0.121. The van der Waals surface area contributed by atoms with Gasteiger partial charge in [-0.25, -0.2) is 4.39 Å². The first-order chi connectivity index (χ1) is 13.3. The van der Waals surface area contributed by atoms with Gasteiger partial charge in [-0.2, -0.15) is 0 Å². The summed E-state index contributed by atoms with van der Waals surface area (Å²) in [6, 6.07) is 8.52. The normalized spacial score (nSPS) is 11.5. The van der Waals surface area contributed by atoms with E-state index in [9.17, 15) is 14.0 Å². The van der Waals surface area contributed by atoms with Crippen molar-refractivity contribution in [2.45, 2.75) is 19.4 Å². The highest BCUT2D eigenvalue weighted by atomic mass is 35.5. The van der Waals surface area contributed by atoms with E-state index in [1.807, 2.05) is 6.92 Å². The summed E-state index contributed by atoms with van der Waals surface area (Å²) in [7, 11) is 3.11. The standard InChI is InChI=1S/C20H22ClFN2O4/c1-12(16-11-14(27-2)5-7-18(16)28-3)24-19(25)8-9-23-20(26)15-6-4-13(22)10-17(15)21/h4-7,10-12H,8-9H2,1-3H3,(H,23,26)(H,24,25)/t12-/m0/s1. The highest BCUT2D eigenvalue weighted by Crippen LogP contribution is 2.29. The highest BCUT2D eigenvalue weighted by Gasteiger charge is 2.16. The Kier molecular flexibility index (Phi) is 7.63. The number of nitrogens with one attached hydrogen (secondary N) is 2. The van der Waals surface area contributed by atoms with Gasteiger partial charge in [0.05, 0.1) is 30.8 Å². The van der Waals surface area contributed by atoms with Gasteiger partial charge in [0.15, 0.2) is 0 Å². The fraction of sp³-hybridized carbons (Fsp3) is 0.300. The Labute approximate surface area is 168 Å². The molecule has 0 saturated carbocycles. The van der Waals surface area contributed by atoms with Crippen LogP contribution in [0, 0.1) is 5.82 Å². The first-order valence-corrected chi connectivity index (χ1v) is 8.98. The van der Waals surface area contributed by atoms with Crippen LogP contribution in [0.3, 0.4) is 0 Å². The van der Waals surface area contributed by atoms with Crippen molar-refractivity contribution in [3.63, 3.8) is 0 Å². The van der Waals surface area contributed by atoms with Crippen LogP contribution in [0.15, 0.2) is 36.4 Å². The molecule has 0 unspecified atom stereocenters. The van der Waals surface area contributed by atoms with Crippen LogP contribution in [0.25, 0.3) is 0 Å². The maximum absolute atomic E-state index is 13.0. The predicted octanol–water partition coefficient (Wildman–Crippen LogP) is 3.49. The molecule has 2 rings (SSSR count). The summed E-state index contributed by atoms with van der Waals surface area (Å²) >= 11 is 5.85. The maximum atomic E-state index is 13.0. The molecule has 2 aromatic rings. The fourth-order valence-electron chi connectivity index (χ4n) is 2.63. The van der Waals surface area contributed by atoms with Crippen molar-refractivity contribution in [2.24, 2.45) is 0 Å². The molecule has 1 atom stereocenters. The van der Waals surface area contributed by atoms with Crippen LogP contribution >= 0.6 is 11.6 Å². The Morgan fingerprint density at radius 2 is 1.89 bits per heavy atom. The van der Waals surface area contributed by atoms with E-state index >= 15 is 0 Å². The highest BCUT2D eigenvalue weighted by molar-refractivity contribution is 6.33. The number of hydrogen-bond donors (Lipinski definition) is 2. The van der Waals surface area contributed by atoms with Crippen molar-refractivity contribution in [2.75, 3.05) is 20.8 Å². The van der Waals surface area contributed by atoms with Gasteiger partial charge in [0.2, 0.25) is 5.91 Å². The van der Waals surface area contributed by atoms with Gasteiger partial charge in [0, 0.05) is 18.5 Å². The molecule has 8 heteroatoms. The Balaban J connectivity index is 1.89. The van der Waals surface area contributed by atoms with Gasteiger partial charge in [-0.05, 0) is 43.3 Å². The monoisotopic (exact) mass is 408 g/mol. The van der Waals surface area contributed by atoms with Gasteiger partial charge in [-0.15, -0.1) is 0 Å². The van der Waals surface area contributed by atoms with Crippen molar-refractivity contribution in [3.8, 4) is 11.5 Å². The third kappa shape index (κ3) is 5.60. The van der Waals surface area contributed by atoms with E-state index in [1.165, 1.54) is 6.07 Å². The minimum Gasteiger partial charge on any atom is -0.497 e. The molecule has 6 nitrogen and oxygen atoms in total. The predicted molar refractivity (Wildman–Crippen MR) is 104 cm³/mol. The summed E-state index contributed by atoms with van der Waals surface area (Å²) in [6.45, 7) is 1.94. The molecule has 28 heavy (non-hydrogen) atoms. The van der Waals surface area contributed by atoms with Gasteiger partial charge < -0.3 is 20.1 Å². The van der Waals surface area contributed by atoms with E-state index < -0.39 is 11.7 Å². The first kappa shape index (κ1) is 21.5. The summed E-state index contributed by atoms with van der Waals surface area (Å²) in [5, 5.41) is 5.46. The number of ether oxygens (including phenoxy) is 2. The van der Waals surface area contributed by atoms with Gasteiger partial charge in [0.1, 0.15) is 17.3 Å². The van der Waals surface area contributed by atoms with Crippen molar-refractivity contribution in [1.29, 1.82) is 0 Å². The largest absolute Gasteiger partial charge is 0.497 e. The van der Waals surface area contributed by atoms with Crippen LogP contribution < -0.4 is 20.1 Å². The van der Waals surface area contributed by atoms with Crippen molar-refractivity contribution >= 4 is 23.4 Å². The lowest BCUT2D eigenvalue weighted by atomic mass is 10.1. The molecule has 0 bridgehead atoms. The number of carbonyl (C=O) groups excluding carboxylic acids is 2. The number of halogens is 2. The fourth-order valence-corrected chi connectivity index (χ4v) is 2.88. The number of benzene rings is 2. The molecule has 0 fully saturated rings. The summed E-state index contributed by atoms with van der Waals surface area (Å²) in [6.07, 6.45) is 0.0706. The lowest BCUT2D eigenvalue weighted by Gasteiger charge is -2.18. The van der Waals surface area contributed by atoms with Gasteiger partial charge in [0.25, 0.3) is 5.91 Å². The van der Waals surface area contributed by atoms with Crippen LogP contribution in [0.2, 0.25) is 5.02 Å². The number of carbonyl (C=O) groups is 2. The minimum absolute atomic E-state index is 0.0145. The average molecular weight is 409 g/mol. The molecule has 2 N–H and O–H groups in total. The second kappa shape index (κ2) is 9.94. The van der Waals surface area contributed by atoms with E-state index in [4.69, 9.17) is 21.1 Å². The maximum Gasteiger partial charge on any atom is 0.252 e. The second-order valence-electron chi connectivity index (χ2n) is 6.03. The van der Waals surface area contributed by atoms with Crippen molar-refractivity contribution in [3.05, 3.63) is 58.4 Å². The molecule has 0 aliphatic heterocycles. The average Bonchev–Trinajstić information content (AvgIpc) is 2.67. The molecule has 0 aromatic heterocycles. The van der Waals surface area contributed by atoms with Gasteiger partial charge in [-0.1, -0.05) is 11.6 Å². The molecule has 0 spiro atoms. The Morgan fingerprint density at radius 3 is 2.54 bits per heavy atom. The summed E-state index contributed by atoms with van der Waals surface area (Å²) in [5.74, 6) is 0.0410. The topological polar surface area (TPSA) is 76.7 Å². The van der Waals surface area contributed by atoms with E-state index in [2.05, 4.69) is 10.6 Å². The zero-order valence-corrected chi connectivity index (χ0v) is 16.6. The number of amides is 2. The summed E-state index contributed by atoms with van der Waals surface area (Å²) in [4.78, 5) is 24.3. The molecule has 0 radical (unpaired) electrons. The lowest BCUT2D eigenvalue weighted by Crippen LogP contribution is -2.32. The minimum atomic E-state index is -0.525.